The van der Waals surface area contributed by atoms with Gasteiger partial charge >= 0.3 is 6.18 Å². The van der Waals surface area contributed by atoms with Crippen LogP contribution in [0.2, 0.25) is 0 Å². The van der Waals surface area contributed by atoms with Crippen molar-refractivity contribution in [3.05, 3.63) is 59.2 Å². The van der Waals surface area contributed by atoms with Gasteiger partial charge in [0.05, 0.1) is 30.5 Å². The van der Waals surface area contributed by atoms with Gasteiger partial charge in [0.15, 0.2) is 0 Å². The van der Waals surface area contributed by atoms with Crippen LogP contribution in [0, 0.1) is 0 Å². The molecule has 0 aliphatic carbocycles. The van der Waals surface area contributed by atoms with Crippen LogP contribution in [0.15, 0.2) is 42.5 Å². The monoisotopic (exact) mass is 335 g/mol. The molecule has 2 aromatic carbocycles. The van der Waals surface area contributed by atoms with E-state index in [1.165, 1.54) is 13.2 Å². The van der Waals surface area contributed by atoms with E-state index in [2.05, 4.69) is 0 Å². The van der Waals surface area contributed by atoms with Crippen molar-refractivity contribution in [1.29, 1.82) is 0 Å². The lowest BCUT2D eigenvalue weighted by Gasteiger charge is -2.21. The maximum atomic E-state index is 13.2. The van der Waals surface area contributed by atoms with Gasteiger partial charge in [0.25, 0.3) is 11.7 Å². The first-order valence-corrected chi connectivity index (χ1v) is 7.02. The second-order valence-electron chi connectivity index (χ2n) is 5.27. The zero-order valence-electron chi connectivity index (χ0n) is 12.6. The van der Waals surface area contributed by atoms with Crippen molar-refractivity contribution in [2.75, 3.05) is 12.0 Å². The number of carbonyl (C=O) groups excluding carboxylic acids is 2. The van der Waals surface area contributed by atoms with E-state index >= 15 is 0 Å². The Bertz CT molecular complexity index is 813. The number of halogens is 3. The average Bonchev–Trinajstić information content (AvgIpc) is 2.80. The quantitative estimate of drug-likeness (QED) is 0.807. The first kappa shape index (κ1) is 16.0. The molecule has 124 valence electrons. The van der Waals surface area contributed by atoms with E-state index < -0.39 is 23.4 Å². The molecule has 0 saturated heterocycles. The van der Waals surface area contributed by atoms with Crippen molar-refractivity contribution in [3.8, 4) is 5.75 Å². The van der Waals surface area contributed by atoms with Gasteiger partial charge in [-0.2, -0.15) is 13.2 Å². The van der Waals surface area contributed by atoms with E-state index in [0.29, 0.717) is 11.3 Å². The molecular weight excluding hydrogens is 323 g/mol. The van der Waals surface area contributed by atoms with Crippen LogP contribution >= 0.6 is 0 Å². The Morgan fingerprint density at radius 2 is 1.71 bits per heavy atom. The molecule has 0 bridgehead atoms. The van der Waals surface area contributed by atoms with Crippen LogP contribution in [-0.4, -0.2) is 18.8 Å². The zero-order chi connectivity index (χ0) is 17.5. The van der Waals surface area contributed by atoms with Gasteiger partial charge in [-0.05, 0) is 29.8 Å². The van der Waals surface area contributed by atoms with E-state index in [4.69, 9.17) is 4.74 Å². The Hall–Kier alpha value is -2.83. The molecule has 0 atom stereocenters. The lowest BCUT2D eigenvalue weighted by Crippen LogP contribution is -2.30. The van der Waals surface area contributed by atoms with Crippen LogP contribution in [0.1, 0.15) is 21.5 Å². The highest BCUT2D eigenvalue weighted by atomic mass is 19.4. The van der Waals surface area contributed by atoms with Crippen LogP contribution in [-0.2, 0) is 17.5 Å². The lowest BCUT2D eigenvalue weighted by molar-refractivity contribution is -0.137. The normalized spacial score (nSPS) is 14.1. The molecule has 24 heavy (non-hydrogen) atoms. The van der Waals surface area contributed by atoms with Crippen molar-refractivity contribution in [3.63, 3.8) is 0 Å². The van der Waals surface area contributed by atoms with Crippen molar-refractivity contribution in [2.45, 2.75) is 12.7 Å². The van der Waals surface area contributed by atoms with Crippen LogP contribution in [0.4, 0.5) is 18.9 Å². The third-order valence-electron chi connectivity index (χ3n) is 3.80. The number of Topliss-reactive ketones (excluding diaryl/α,β-unsaturated/α-hetero) is 1. The molecule has 1 amide bonds. The van der Waals surface area contributed by atoms with E-state index in [1.54, 1.807) is 24.3 Å². The van der Waals surface area contributed by atoms with E-state index in [9.17, 15) is 22.8 Å². The zero-order valence-corrected chi connectivity index (χ0v) is 12.6. The summed E-state index contributed by atoms with van der Waals surface area (Å²) < 4.78 is 44.7. The third kappa shape index (κ3) is 2.62. The van der Waals surface area contributed by atoms with Crippen LogP contribution in [0.5, 0.6) is 5.75 Å². The Labute approximate surface area is 135 Å². The minimum absolute atomic E-state index is 0.130. The van der Waals surface area contributed by atoms with Gasteiger partial charge in [0, 0.05) is 0 Å². The summed E-state index contributed by atoms with van der Waals surface area (Å²) in [6, 6.07) is 9.76. The van der Waals surface area contributed by atoms with Crippen LogP contribution < -0.4 is 9.64 Å². The maximum absolute atomic E-state index is 13.2. The van der Waals surface area contributed by atoms with Crippen LogP contribution in [0.25, 0.3) is 0 Å². The molecule has 0 radical (unpaired) electrons. The van der Waals surface area contributed by atoms with Gasteiger partial charge < -0.3 is 4.74 Å². The Kier molecular flexibility index (Phi) is 3.79. The molecule has 0 N–H and O–H groups in total. The number of alkyl halides is 3. The molecule has 2 aromatic rings. The minimum atomic E-state index is -4.66. The highest BCUT2D eigenvalue weighted by Crippen LogP contribution is 2.42. The van der Waals surface area contributed by atoms with Crippen molar-refractivity contribution < 1.29 is 27.5 Å². The number of methoxy groups -OCH3 is 1. The molecule has 3 rings (SSSR count). The second kappa shape index (κ2) is 5.67. The smallest absolute Gasteiger partial charge is 0.418 e. The summed E-state index contributed by atoms with van der Waals surface area (Å²) in [4.78, 5) is 25.0. The Balaban J connectivity index is 2.04. The first-order chi connectivity index (χ1) is 11.3. The highest BCUT2D eigenvalue weighted by molar-refractivity contribution is 6.52. The number of amides is 1. The third-order valence-corrected chi connectivity index (χ3v) is 3.80. The van der Waals surface area contributed by atoms with Gasteiger partial charge in [-0.15, -0.1) is 0 Å². The number of carbonyl (C=O) groups is 2. The van der Waals surface area contributed by atoms with Gasteiger partial charge in [-0.3, -0.25) is 14.5 Å². The Morgan fingerprint density at radius 1 is 1.04 bits per heavy atom. The molecule has 4 nitrogen and oxygen atoms in total. The predicted octanol–water partition coefficient (Wildman–Crippen LogP) is 3.44. The van der Waals surface area contributed by atoms with Gasteiger partial charge in [-0.25, -0.2) is 0 Å². The number of para-hydroxylation sites is 1. The van der Waals surface area contributed by atoms with Crippen molar-refractivity contribution in [2.24, 2.45) is 0 Å². The number of hydrogen-bond acceptors (Lipinski definition) is 3. The standard InChI is InChI=1S/C17H12F3NO3/c1-24-11-7-5-10(6-8-11)9-21-14-12(15(22)16(21)23)3-2-4-13(14)17(18,19)20/h2-8H,9H2,1H3. The lowest BCUT2D eigenvalue weighted by atomic mass is 10.1. The predicted molar refractivity (Wildman–Crippen MR) is 80.0 cm³/mol. The fourth-order valence-corrected chi connectivity index (χ4v) is 2.65. The largest absolute Gasteiger partial charge is 0.497 e. The summed E-state index contributed by atoms with van der Waals surface area (Å²) in [6.45, 7) is -0.130. The molecule has 1 aliphatic rings. The SMILES string of the molecule is COc1ccc(CN2C(=O)C(=O)c3cccc(C(F)(F)F)c32)cc1. The van der Waals surface area contributed by atoms with Crippen molar-refractivity contribution >= 4 is 17.4 Å². The molecule has 0 unspecified atom stereocenters. The van der Waals surface area contributed by atoms with E-state index in [-0.39, 0.29) is 17.8 Å². The summed E-state index contributed by atoms with van der Waals surface area (Å²) in [5, 5.41) is 0. The van der Waals surface area contributed by atoms with Crippen LogP contribution in [0.3, 0.4) is 0 Å². The molecule has 7 heteroatoms. The minimum Gasteiger partial charge on any atom is -0.497 e. The number of benzene rings is 2. The van der Waals surface area contributed by atoms with E-state index in [0.717, 1.165) is 17.0 Å². The Morgan fingerprint density at radius 3 is 2.29 bits per heavy atom. The molecule has 0 aromatic heterocycles. The molecule has 0 saturated carbocycles. The number of ketones is 1. The number of rotatable bonds is 3. The molecular formula is C17H12F3NO3. The molecule has 0 fully saturated rings. The number of anilines is 1. The fraction of sp³-hybridized carbons (Fsp3) is 0.176. The molecule has 1 heterocycles. The second-order valence-corrected chi connectivity index (χ2v) is 5.27. The average molecular weight is 335 g/mol. The fourth-order valence-electron chi connectivity index (χ4n) is 2.65. The number of hydrogen-bond donors (Lipinski definition) is 0. The van der Waals surface area contributed by atoms with Crippen molar-refractivity contribution in [1.82, 2.24) is 0 Å². The highest BCUT2D eigenvalue weighted by Gasteiger charge is 2.44. The summed E-state index contributed by atoms with van der Waals surface area (Å²) in [6.07, 6.45) is -4.66. The van der Waals surface area contributed by atoms with Gasteiger partial charge in [0.2, 0.25) is 0 Å². The summed E-state index contributed by atoms with van der Waals surface area (Å²) >= 11 is 0. The number of fused-ring (bicyclic) bond motifs is 1. The van der Waals surface area contributed by atoms with Gasteiger partial charge in [-0.1, -0.05) is 18.2 Å². The molecule has 1 aliphatic heterocycles. The van der Waals surface area contributed by atoms with Gasteiger partial charge in [0.1, 0.15) is 5.75 Å². The summed E-state index contributed by atoms with van der Waals surface area (Å²) in [5.74, 6) is -1.30. The summed E-state index contributed by atoms with van der Waals surface area (Å²) in [7, 11) is 1.49. The topological polar surface area (TPSA) is 46.6 Å². The first-order valence-electron chi connectivity index (χ1n) is 7.02. The number of nitrogens with zero attached hydrogens (tertiary/aromatic N) is 1. The number of ether oxygens (including phenoxy) is 1. The maximum Gasteiger partial charge on any atom is 0.418 e. The van der Waals surface area contributed by atoms with E-state index in [1.807, 2.05) is 0 Å². The summed E-state index contributed by atoms with van der Waals surface area (Å²) in [5.41, 5.74) is -1.01. The molecule has 0 spiro atoms.